The van der Waals surface area contributed by atoms with Crippen LogP contribution in [0.25, 0.3) is 0 Å². The molecule has 1 aromatic heterocycles. The third kappa shape index (κ3) is 4.18. The number of amides is 2. The van der Waals surface area contributed by atoms with Crippen LogP contribution in [0, 0.1) is 0 Å². The van der Waals surface area contributed by atoms with Gasteiger partial charge in [-0.25, -0.2) is 0 Å². The molecule has 0 bridgehead atoms. The number of fused-ring (bicyclic) bond motifs is 2. The van der Waals surface area contributed by atoms with Gasteiger partial charge in [0, 0.05) is 6.54 Å². The van der Waals surface area contributed by atoms with E-state index in [1.54, 1.807) is 6.07 Å². The van der Waals surface area contributed by atoms with E-state index in [9.17, 15) is 9.59 Å². The second-order valence-corrected chi connectivity index (χ2v) is 8.70. The second-order valence-electron chi connectivity index (χ2n) is 8.70. The average molecular weight is 444 g/mol. The number of ether oxygens (including phenoxy) is 1. The highest BCUT2D eigenvalue weighted by Gasteiger charge is 2.29. The summed E-state index contributed by atoms with van der Waals surface area (Å²) in [6.45, 7) is 3.46. The fourth-order valence-electron chi connectivity index (χ4n) is 4.99. The lowest BCUT2D eigenvalue weighted by Gasteiger charge is -2.21. The van der Waals surface area contributed by atoms with Gasteiger partial charge in [0.05, 0.1) is 36.6 Å². The molecule has 2 aliphatic rings. The predicted octanol–water partition coefficient (Wildman–Crippen LogP) is 4.32. The summed E-state index contributed by atoms with van der Waals surface area (Å²) in [5.74, 6) is -0.320. The minimum Gasteiger partial charge on any atom is -0.373 e. The maximum absolute atomic E-state index is 13.3. The van der Waals surface area contributed by atoms with E-state index in [0.717, 1.165) is 30.5 Å². The Kier molecular flexibility index (Phi) is 6.01. The van der Waals surface area contributed by atoms with Crippen LogP contribution in [0.3, 0.4) is 0 Å². The number of nitrogens with one attached hydrogen (secondary N) is 2. The molecular weight excluding hydrogens is 414 g/mol. The first-order chi connectivity index (χ1) is 16.2. The van der Waals surface area contributed by atoms with Crippen molar-refractivity contribution in [2.24, 2.45) is 0 Å². The number of hydrogen-bond acceptors (Lipinski definition) is 3. The molecule has 0 radical (unpaired) electrons. The van der Waals surface area contributed by atoms with Crippen molar-refractivity contribution >= 4 is 11.8 Å². The van der Waals surface area contributed by atoms with Crippen molar-refractivity contribution in [2.75, 3.05) is 6.61 Å². The molecule has 1 aliphatic carbocycles. The fourth-order valence-corrected chi connectivity index (χ4v) is 4.99. The molecule has 6 heteroatoms. The van der Waals surface area contributed by atoms with Crippen molar-refractivity contribution in [1.82, 2.24) is 15.2 Å². The van der Waals surface area contributed by atoms with Crippen molar-refractivity contribution in [3.8, 4) is 0 Å². The molecule has 2 N–H and O–H groups in total. The van der Waals surface area contributed by atoms with Crippen LogP contribution in [0.4, 0.5) is 0 Å². The van der Waals surface area contributed by atoms with E-state index >= 15 is 0 Å². The Balaban J connectivity index is 1.39. The van der Waals surface area contributed by atoms with E-state index in [1.807, 2.05) is 47.0 Å². The first kappa shape index (κ1) is 21.5. The van der Waals surface area contributed by atoms with Crippen molar-refractivity contribution in [3.63, 3.8) is 0 Å². The van der Waals surface area contributed by atoms with E-state index in [0.29, 0.717) is 31.0 Å². The van der Waals surface area contributed by atoms with E-state index in [2.05, 4.69) is 29.7 Å². The molecule has 0 saturated heterocycles. The smallest absolute Gasteiger partial charge is 0.268 e. The van der Waals surface area contributed by atoms with Gasteiger partial charge in [0.25, 0.3) is 11.8 Å². The Hall–Kier alpha value is -3.38. The minimum absolute atomic E-state index is 0.000445. The maximum atomic E-state index is 13.3. The monoisotopic (exact) mass is 443 g/mol. The molecule has 2 heterocycles. The first-order valence-corrected chi connectivity index (χ1v) is 11.7. The lowest BCUT2D eigenvalue weighted by atomic mass is 10.0. The number of benzene rings is 2. The van der Waals surface area contributed by atoms with Crippen LogP contribution in [0.2, 0.25) is 0 Å². The molecule has 6 nitrogen and oxygen atoms in total. The van der Waals surface area contributed by atoms with E-state index in [1.165, 1.54) is 11.1 Å². The van der Waals surface area contributed by atoms with Crippen LogP contribution in [-0.2, 0) is 24.3 Å². The van der Waals surface area contributed by atoms with Crippen molar-refractivity contribution in [3.05, 3.63) is 94.3 Å². The third-order valence-electron chi connectivity index (χ3n) is 6.74. The van der Waals surface area contributed by atoms with Crippen LogP contribution in [0.5, 0.6) is 0 Å². The summed E-state index contributed by atoms with van der Waals surface area (Å²) in [5, 5.41) is 6.35. The number of nitrogens with zero attached hydrogens (tertiary/aromatic N) is 1. The van der Waals surface area contributed by atoms with Gasteiger partial charge in [-0.3, -0.25) is 9.59 Å². The minimum atomic E-state index is -0.176. The highest BCUT2D eigenvalue weighted by molar-refractivity contribution is 6.01. The van der Waals surface area contributed by atoms with Crippen molar-refractivity contribution in [1.29, 1.82) is 0 Å². The van der Waals surface area contributed by atoms with Crippen LogP contribution in [0.15, 0.2) is 60.7 Å². The molecule has 3 aromatic rings. The van der Waals surface area contributed by atoms with Gasteiger partial charge in [-0.1, -0.05) is 61.5 Å². The van der Waals surface area contributed by atoms with Gasteiger partial charge in [-0.05, 0) is 42.0 Å². The lowest BCUT2D eigenvalue weighted by molar-refractivity contribution is 0.0773. The molecule has 0 fully saturated rings. The van der Waals surface area contributed by atoms with Crippen LogP contribution in [-0.4, -0.2) is 23.0 Å². The van der Waals surface area contributed by atoms with Gasteiger partial charge in [0.1, 0.15) is 5.69 Å². The topological polar surface area (TPSA) is 72.4 Å². The number of carbonyl (C=O) groups is 2. The molecule has 170 valence electrons. The highest BCUT2D eigenvalue weighted by atomic mass is 16.5. The number of hydrogen-bond donors (Lipinski definition) is 2. The van der Waals surface area contributed by atoms with Gasteiger partial charge in [-0.15, -0.1) is 0 Å². The van der Waals surface area contributed by atoms with Crippen LogP contribution < -0.4 is 10.6 Å². The Labute approximate surface area is 194 Å². The van der Waals surface area contributed by atoms with E-state index < -0.39 is 0 Å². The van der Waals surface area contributed by atoms with Crippen molar-refractivity contribution in [2.45, 2.75) is 51.4 Å². The Morgan fingerprint density at radius 3 is 2.70 bits per heavy atom. The quantitative estimate of drug-likeness (QED) is 0.596. The molecule has 0 saturated carbocycles. The fraction of sp³-hybridized carbons (Fsp3) is 0.333. The third-order valence-corrected chi connectivity index (χ3v) is 6.74. The summed E-state index contributed by atoms with van der Waals surface area (Å²) >= 11 is 0. The van der Waals surface area contributed by atoms with Gasteiger partial charge in [0.2, 0.25) is 0 Å². The molecule has 1 aliphatic heterocycles. The van der Waals surface area contributed by atoms with Crippen LogP contribution in [0.1, 0.15) is 75.1 Å². The standard InChI is InChI=1S/C27H29N3O3/c1-2-22(19-9-4-3-5-10-19)28-26(31)21-16-24(30-14-15-33-17-25(21)30)27(32)29-23-13-12-18-8-6-7-11-20(18)23/h3-11,16,22-23H,2,12-15,17H2,1H3,(H,28,31)(H,29,32). The molecule has 5 rings (SSSR count). The average Bonchev–Trinajstić information content (AvgIpc) is 3.45. The zero-order valence-corrected chi connectivity index (χ0v) is 18.8. The molecular formula is C27H29N3O3. The number of rotatable bonds is 6. The maximum Gasteiger partial charge on any atom is 0.268 e. The van der Waals surface area contributed by atoms with Crippen molar-refractivity contribution < 1.29 is 14.3 Å². The predicted molar refractivity (Wildman–Crippen MR) is 126 cm³/mol. The van der Waals surface area contributed by atoms with E-state index in [4.69, 9.17) is 4.74 Å². The Morgan fingerprint density at radius 2 is 1.88 bits per heavy atom. The first-order valence-electron chi connectivity index (χ1n) is 11.7. The number of carbonyl (C=O) groups excluding carboxylic acids is 2. The highest BCUT2D eigenvalue weighted by Crippen LogP contribution is 2.31. The molecule has 2 unspecified atom stereocenters. The van der Waals surface area contributed by atoms with E-state index in [-0.39, 0.29) is 23.9 Å². The summed E-state index contributed by atoms with van der Waals surface area (Å²) in [7, 11) is 0. The van der Waals surface area contributed by atoms with Gasteiger partial charge >= 0.3 is 0 Å². The lowest BCUT2D eigenvalue weighted by Crippen LogP contribution is -2.31. The van der Waals surface area contributed by atoms with Gasteiger partial charge < -0.3 is 19.9 Å². The normalized spacial score (nSPS) is 17.7. The van der Waals surface area contributed by atoms with Gasteiger partial charge in [0.15, 0.2) is 0 Å². The number of aryl methyl sites for hydroxylation is 1. The molecule has 0 spiro atoms. The summed E-state index contributed by atoms with van der Waals surface area (Å²) in [5.41, 5.74) is 5.34. The molecule has 2 atom stereocenters. The Bertz CT molecular complexity index is 1130. The Morgan fingerprint density at radius 1 is 1.09 bits per heavy atom. The largest absolute Gasteiger partial charge is 0.373 e. The van der Waals surface area contributed by atoms with Crippen LogP contribution >= 0.6 is 0 Å². The zero-order valence-electron chi connectivity index (χ0n) is 18.8. The molecule has 2 aromatic carbocycles. The number of aromatic nitrogens is 1. The molecule has 2 amide bonds. The van der Waals surface area contributed by atoms with Gasteiger partial charge in [-0.2, -0.15) is 0 Å². The molecule has 33 heavy (non-hydrogen) atoms. The summed E-state index contributed by atoms with van der Waals surface area (Å²) < 4.78 is 7.59. The second kappa shape index (κ2) is 9.24. The summed E-state index contributed by atoms with van der Waals surface area (Å²) in [6, 6.07) is 19.8. The summed E-state index contributed by atoms with van der Waals surface area (Å²) in [6.07, 6.45) is 2.63. The zero-order chi connectivity index (χ0) is 22.8. The SMILES string of the molecule is CCC(NC(=O)c1cc(C(=O)NC2CCc3ccccc32)n2c1COCC2)c1ccccc1. The summed E-state index contributed by atoms with van der Waals surface area (Å²) in [4.78, 5) is 26.6.